The monoisotopic (exact) mass is 296 g/mol. The lowest BCUT2D eigenvalue weighted by atomic mass is 10.1. The molecule has 1 aliphatic rings. The highest BCUT2D eigenvalue weighted by atomic mass is 16.5. The fourth-order valence-electron chi connectivity index (χ4n) is 2.12. The number of hydrogen-bond donors (Lipinski definition) is 0. The Balaban J connectivity index is 1.84. The van der Waals surface area contributed by atoms with E-state index < -0.39 is 0 Å². The molecule has 4 nitrogen and oxygen atoms in total. The first-order valence-electron chi connectivity index (χ1n) is 6.95. The van der Waals surface area contributed by atoms with Crippen LogP contribution in [0.4, 0.5) is 0 Å². The topological polar surface area (TPSA) is 48.7 Å². The summed E-state index contributed by atoms with van der Waals surface area (Å²) in [7, 11) is 0. The Labute approximate surface area is 128 Å². The SMILES string of the molecule is C=C(C)COc1ccc2c(c1)O/C(=C/c1ccc(C)o1)C2=O. The zero-order valence-corrected chi connectivity index (χ0v) is 12.5. The highest BCUT2D eigenvalue weighted by Crippen LogP contribution is 2.35. The number of hydrogen-bond acceptors (Lipinski definition) is 4. The standard InChI is InChI=1S/C18H16O4/c1-11(2)10-20-13-6-7-15-16(8-13)22-17(18(15)19)9-14-5-4-12(3)21-14/h4-9H,1,10H2,2-3H3/b17-9+. The van der Waals surface area contributed by atoms with Gasteiger partial charge < -0.3 is 13.9 Å². The Morgan fingerprint density at radius 3 is 2.82 bits per heavy atom. The summed E-state index contributed by atoms with van der Waals surface area (Å²) in [5.41, 5.74) is 1.45. The van der Waals surface area contributed by atoms with E-state index in [2.05, 4.69) is 6.58 Å². The molecule has 112 valence electrons. The van der Waals surface area contributed by atoms with Crippen molar-refractivity contribution < 1.29 is 18.7 Å². The molecule has 2 aromatic rings. The molecule has 0 unspecified atom stereocenters. The normalized spacial score (nSPS) is 14.8. The predicted molar refractivity (Wildman–Crippen MR) is 83.1 cm³/mol. The molecule has 1 aromatic heterocycles. The van der Waals surface area contributed by atoms with Crippen LogP contribution in [-0.2, 0) is 0 Å². The number of allylic oxidation sites excluding steroid dienone is 1. The van der Waals surface area contributed by atoms with Crippen LogP contribution >= 0.6 is 0 Å². The van der Waals surface area contributed by atoms with Crippen molar-refractivity contribution in [3.8, 4) is 11.5 Å². The molecule has 3 rings (SSSR count). The first-order valence-corrected chi connectivity index (χ1v) is 6.95. The van der Waals surface area contributed by atoms with E-state index in [1.54, 1.807) is 30.3 Å². The van der Waals surface area contributed by atoms with E-state index in [-0.39, 0.29) is 11.5 Å². The molecule has 0 spiro atoms. The number of benzene rings is 1. The number of ether oxygens (including phenoxy) is 2. The lowest BCUT2D eigenvalue weighted by Gasteiger charge is -2.06. The van der Waals surface area contributed by atoms with E-state index in [0.29, 0.717) is 29.4 Å². The van der Waals surface area contributed by atoms with Crippen molar-refractivity contribution in [3.63, 3.8) is 0 Å². The molecule has 0 radical (unpaired) electrons. The van der Waals surface area contributed by atoms with Crippen LogP contribution in [0.5, 0.6) is 11.5 Å². The smallest absolute Gasteiger partial charge is 0.232 e. The molecule has 0 fully saturated rings. The van der Waals surface area contributed by atoms with Crippen molar-refractivity contribution in [2.45, 2.75) is 13.8 Å². The Morgan fingerprint density at radius 2 is 2.14 bits per heavy atom. The minimum atomic E-state index is -0.157. The summed E-state index contributed by atoms with van der Waals surface area (Å²) in [6.07, 6.45) is 1.60. The highest BCUT2D eigenvalue weighted by molar-refractivity contribution is 6.14. The Kier molecular flexibility index (Phi) is 3.59. The van der Waals surface area contributed by atoms with Gasteiger partial charge in [0.05, 0.1) is 5.56 Å². The number of furan rings is 1. The maximum Gasteiger partial charge on any atom is 0.232 e. The molecule has 2 heterocycles. The molecule has 0 aliphatic carbocycles. The second-order valence-corrected chi connectivity index (χ2v) is 5.29. The van der Waals surface area contributed by atoms with Gasteiger partial charge in [-0.25, -0.2) is 0 Å². The van der Waals surface area contributed by atoms with Crippen molar-refractivity contribution in [3.05, 3.63) is 65.3 Å². The van der Waals surface area contributed by atoms with E-state index in [4.69, 9.17) is 13.9 Å². The van der Waals surface area contributed by atoms with Crippen LogP contribution in [0.25, 0.3) is 6.08 Å². The molecule has 22 heavy (non-hydrogen) atoms. The fraction of sp³-hybridized carbons (Fsp3) is 0.167. The summed E-state index contributed by atoms with van der Waals surface area (Å²) < 4.78 is 16.6. The number of fused-ring (bicyclic) bond motifs is 1. The van der Waals surface area contributed by atoms with Gasteiger partial charge in [0.25, 0.3) is 0 Å². The molecule has 0 saturated heterocycles. The lowest BCUT2D eigenvalue weighted by Crippen LogP contribution is -1.98. The molecular weight excluding hydrogens is 280 g/mol. The van der Waals surface area contributed by atoms with E-state index in [0.717, 1.165) is 11.3 Å². The first kappa shape index (κ1) is 14.2. The summed E-state index contributed by atoms with van der Waals surface area (Å²) in [6, 6.07) is 8.80. The third-order valence-corrected chi connectivity index (χ3v) is 3.16. The van der Waals surface area contributed by atoms with Gasteiger partial charge in [0.2, 0.25) is 5.78 Å². The first-order chi connectivity index (χ1) is 10.5. The van der Waals surface area contributed by atoms with Crippen molar-refractivity contribution in [1.82, 2.24) is 0 Å². The van der Waals surface area contributed by atoms with E-state index in [1.165, 1.54) is 0 Å². The maximum atomic E-state index is 12.3. The van der Waals surface area contributed by atoms with E-state index in [1.807, 2.05) is 19.9 Å². The maximum absolute atomic E-state index is 12.3. The fourth-order valence-corrected chi connectivity index (χ4v) is 2.12. The van der Waals surface area contributed by atoms with Crippen LogP contribution in [0, 0.1) is 6.92 Å². The van der Waals surface area contributed by atoms with Gasteiger partial charge in [0.15, 0.2) is 5.76 Å². The minimum absolute atomic E-state index is 0.157. The van der Waals surface area contributed by atoms with Gasteiger partial charge in [-0.15, -0.1) is 0 Å². The number of aryl methyl sites for hydroxylation is 1. The quantitative estimate of drug-likeness (QED) is 0.628. The lowest BCUT2D eigenvalue weighted by molar-refractivity contribution is 0.101. The number of carbonyl (C=O) groups excluding carboxylic acids is 1. The average molecular weight is 296 g/mol. The molecule has 0 amide bonds. The van der Waals surface area contributed by atoms with Crippen LogP contribution in [0.2, 0.25) is 0 Å². The minimum Gasteiger partial charge on any atom is -0.489 e. The van der Waals surface area contributed by atoms with Crippen LogP contribution in [-0.4, -0.2) is 12.4 Å². The van der Waals surface area contributed by atoms with E-state index >= 15 is 0 Å². The molecule has 1 aliphatic heterocycles. The van der Waals surface area contributed by atoms with Crippen LogP contribution < -0.4 is 9.47 Å². The van der Waals surface area contributed by atoms with Crippen molar-refractivity contribution >= 4 is 11.9 Å². The Bertz CT molecular complexity index is 780. The molecular formula is C18H16O4. The van der Waals surface area contributed by atoms with Gasteiger partial charge in [0, 0.05) is 12.1 Å². The second kappa shape index (κ2) is 5.56. The summed E-state index contributed by atoms with van der Waals surface area (Å²) in [4.78, 5) is 12.3. The van der Waals surface area contributed by atoms with Gasteiger partial charge in [0.1, 0.15) is 29.6 Å². The highest BCUT2D eigenvalue weighted by Gasteiger charge is 2.28. The molecule has 0 saturated carbocycles. The largest absolute Gasteiger partial charge is 0.489 e. The van der Waals surface area contributed by atoms with Crippen molar-refractivity contribution in [2.75, 3.05) is 6.61 Å². The van der Waals surface area contributed by atoms with Crippen LogP contribution in [0.3, 0.4) is 0 Å². The van der Waals surface area contributed by atoms with Gasteiger partial charge in [-0.1, -0.05) is 6.58 Å². The second-order valence-electron chi connectivity index (χ2n) is 5.29. The Hall–Kier alpha value is -2.75. The molecule has 1 aromatic carbocycles. The molecule has 0 atom stereocenters. The molecule has 0 bridgehead atoms. The molecule has 4 heteroatoms. The number of Topliss-reactive ketones (excluding diaryl/α,β-unsaturated/α-hetero) is 1. The average Bonchev–Trinajstić information content (AvgIpc) is 3.01. The Morgan fingerprint density at radius 1 is 1.32 bits per heavy atom. The van der Waals surface area contributed by atoms with Crippen LogP contribution in [0.15, 0.2) is 52.7 Å². The summed E-state index contributed by atoms with van der Waals surface area (Å²) in [6.45, 7) is 7.95. The van der Waals surface area contributed by atoms with Gasteiger partial charge in [-0.3, -0.25) is 4.79 Å². The third kappa shape index (κ3) is 2.81. The predicted octanol–water partition coefficient (Wildman–Crippen LogP) is 4.16. The number of carbonyl (C=O) groups is 1. The number of ketones is 1. The zero-order chi connectivity index (χ0) is 15.7. The van der Waals surface area contributed by atoms with Crippen molar-refractivity contribution in [2.24, 2.45) is 0 Å². The van der Waals surface area contributed by atoms with E-state index in [9.17, 15) is 4.79 Å². The number of rotatable bonds is 4. The summed E-state index contributed by atoms with van der Waals surface area (Å²) in [5.74, 6) is 2.61. The third-order valence-electron chi connectivity index (χ3n) is 3.16. The zero-order valence-electron chi connectivity index (χ0n) is 12.5. The van der Waals surface area contributed by atoms with Gasteiger partial charge >= 0.3 is 0 Å². The summed E-state index contributed by atoms with van der Waals surface area (Å²) in [5, 5.41) is 0. The van der Waals surface area contributed by atoms with Crippen LogP contribution in [0.1, 0.15) is 28.8 Å². The summed E-state index contributed by atoms with van der Waals surface area (Å²) >= 11 is 0. The van der Waals surface area contributed by atoms with Gasteiger partial charge in [-0.05, 0) is 43.7 Å². The van der Waals surface area contributed by atoms with Gasteiger partial charge in [-0.2, -0.15) is 0 Å². The van der Waals surface area contributed by atoms with Crippen molar-refractivity contribution in [1.29, 1.82) is 0 Å². The molecule has 0 N–H and O–H groups in total.